The molecule has 31 heavy (non-hydrogen) atoms. The van der Waals surface area contributed by atoms with Gasteiger partial charge in [-0.25, -0.2) is 8.42 Å². The molecule has 1 amide bonds. The van der Waals surface area contributed by atoms with Crippen molar-refractivity contribution in [2.75, 3.05) is 49.3 Å². The van der Waals surface area contributed by atoms with E-state index < -0.39 is 10.0 Å². The van der Waals surface area contributed by atoms with Crippen LogP contribution in [0, 0.1) is 0 Å². The van der Waals surface area contributed by atoms with Crippen LogP contribution in [0.3, 0.4) is 0 Å². The molecule has 168 valence electrons. The van der Waals surface area contributed by atoms with Gasteiger partial charge in [-0.15, -0.1) is 0 Å². The van der Waals surface area contributed by atoms with Gasteiger partial charge in [0, 0.05) is 37.6 Å². The predicted molar refractivity (Wildman–Crippen MR) is 124 cm³/mol. The predicted octanol–water partition coefficient (Wildman–Crippen LogP) is 3.30. The van der Waals surface area contributed by atoms with Gasteiger partial charge in [-0.3, -0.25) is 4.79 Å². The highest BCUT2D eigenvalue weighted by atomic mass is 32.2. The molecule has 0 aromatic heterocycles. The Bertz CT molecular complexity index is 967. The van der Waals surface area contributed by atoms with Crippen LogP contribution in [0.5, 0.6) is 5.75 Å². The number of nitrogens with zero attached hydrogens (tertiary/aromatic N) is 2. The summed E-state index contributed by atoms with van der Waals surface area (Å²) < 4.78 is 30.4. The van der Waals surface area contributed by atoms with E-state index in [0.29, 0.717) is 43.5 Å². The maximum Gasteiger partial charge on any atom is 0.262 e. The van der Waals surface area contributed by atoms with E-state index >= 15 is 0 Å². The van der Waals surface area contributed by atoms with Crippen LogP contribution in [0.1, 0.15) is 31.7 Å². The van der Waals surface area contributed by atoms with Crippen LogP contribution in [0.25, 0.3) is 0 Å². The first-order chi connectivity index (χ1) is 14.8. The Labute approximate surface area is 185 Å². The highest BCUT2D eigenvalue weighted by Gasteiger charge is 2.23. The van der Waals surface area contributed by atoms with Gasteiger partial charge in [0.05, 0.1) is 6.26 Å². The summed E-state index contributed by atoms with van der Waals surface area (Å²) in [6.45, 7) is 6.53. The van der Waals surface area contributed by atoms with E-state index in [9.17, 15) is 13.2 Å². The van der Waals surface area contributed by atoms with Gasteiger partial charge in [0.1, 0.15) is 5.75 Å². The number of anilines is 2. The molecule has 1 saturated heterocycles. The quantitative estimate of drug-likeness (QED) is 0.675. The fraction of sp³-hybridized carbons (Fsp3) is 0.435. The lowest BCUT2D eigenvalue weighted by atomic mass is 9.99. The average Bonchev–Trinajstić information content (AvgIpc) is 2.77. The summed E-state index contributed by atoms with van der Waals surface area (Å²) >= 11 is 0. The fourth-order valence-corrected chi connectivity index (χ4v) is 4.33. The number of amides is 1. The molecule has 0 bridgehead atoms. The largest absolute Gasteiger partial charge is 0.484 e. The zero-order valence-electron chi connectivity index (χ0n) is 18.4. The normalized spacial score (nSPS) is 16.0. The molecule has 1 N–H and O–H groups in total. The molecule has 1 atom stereocenters. The van der Waals surface area contributed by atoms with Crippen molar-refractivity contribution in [1.82, 2.24) is 4.31 Å². The number of nitrogens with one attached hydrogen (secondary N) is 1. The van der Waals surface area contributed by atoms with Gasteiger partial charge in [-0.2, -0.15) is 4.31 Å². The molecule has 1 aliphatic rings. The smallest absolute Gasteiger partial charge is 0.262 e. The van der Waals surface area contributed by atoms with E-state index in [1.807, 2.05) is 48.5 Å². The van der Waals surface area contributed by atoms with Crippen molar-refractivity contribution in [3.63, 3.8) is 0 Å². The van der Waals surface area contributed by atoms with Gasteiger partial charge in [-0.05, 0) is 54.3 Å². The zero-order chi connectivity index (χ0) is 22.4. The molecule has 2 aromatic carbocycles. The molecule has 1 aliphatic heterocycles. The Morgan fingerprint density at radius 1 is 1.03 bits per heavy atom. The topological polar surface area (TPSA) is 79.0 Å². The van der Waals surface area contributed by atoms with Gasteiger partial charge in [0.2, 0.25) is 10.0 Å². The average molecular weight is 446 g/mol. The number of piperazine rings is 1. The monoisotopic (exact) mass is 445 g/mol. The van der Waals surface area contributed by atoms with E-state index in [1.54, 1.807) is 0 Å². The Morgan fingerprint density at radius 3 is 2.19 bits per heavy atom. The van der Waals surface area contributed by atoms with Crippen molar-refractivity contribution in [2.24, 2.45) is 0 Å². The third-order valence-corrected chi connectivity index (χ3v) is 6.96. The SMILES string of the molecule is CCC(C)c1ccc(OCC(=O)Nc2ccc(N3CCN(S(C)(=O)=O)CC3)cc2)cc1. The van der Waals surface area contributed by atoms with Crippen molar-refractivity contribution < 1.29 is 17.9 Å². The number of rotatable bonds is 8. The van der Waals surface area contributed by atoms with E-state index in [2.05, 4.69) is 24.1 Å². The molecule has 3 rings (SSSR count). The highest BCUT2D eigenvalue weighted by molar-refractivity contribution is 7.88. The van der Waals surface area contributed by atoms with E-state index in [0.717, 1.165) is 12.1 Å². The Hall–Kier alpha value is -2.58. The summed E-state index contributed by atoms with van der Waals surface area (Å²) in [5.41, 5.74) is 2.96. The van der Waals surface area contributed by atoms with Crippen LogP contribution in [-0.4, -0.2) is 57.7 Å². The first kappa shape index (κ1) is 23.1. The molecule has 0 saturated carbocycles. The Morgan fingerprint density at radius 2 is 1.65 bits per heavy atom. The molecular weight excluding hydrogens is 414 g/mol. The van der Waals surface area contributed by atoms with Crippen LogP contribution < -0.4 is 15.0 Å². The second-order valence-electron chi connectivity index (χ2n) is 7.91. The van der Waals surface area contributed by atoms with Crippen LogP contribution in [0.15, 0.2) is 48.5 Å². The van der Waals surface area contributed by atoms with Crippen LogP contribution in [0.4, 0.5) is 11.4 Å². The van der Waals surface area contributed by atoms with E-state index in [4.69, 9.17) is 4.74 Å². The number of benzene rings is 2. The highest BCUT2D eigenvalue weighted by Crippen LogP contribution is 2.22. The van der Waals surface area contributed by atoms with Gasteiger partial charge < -0.3 is 15.0 Å². The number of hydrogen-bond acceptors (Lipinski definition) is 5. The van der Waals surface area contributed by atoms with Crippen LogP contribution in [-0.2, 0) is 14.8 Å². The molecule has 0 aliphatic carbocycles. The Kier molecular flexibility index (Phi) is 7.56. The molecule has 0 spiro atoms. The summed E-state index contributed by atoms with van der Waals surface area (Å²) in [6.07, 6.45) is 2.32. The number of carbonyl (C=O) groups is 1. The van der Waals surface area contributed by atoms with Crippen molar-refractivity contribution >= 4 is 27.3 Å². The summed E-state index contributed by atoms with van der Waals surface area (Å²) in [4.78, 5) is 14.4. The van der Waals surface area contributed by atoms with E-state index in [-0.39, 0.29) is 12.5 Å². The molecule has 1 unspecified atom stereocenters. The summed E-state index contributed by atoms with van der Waals surface area (Å²) in [6, 6.07) is 15.4. The fourth-order valence-electron chi connectivity index (χ4n) is 3.51. The third kappa shape index (κ3) is 6.45. The first-order valence-electron chi connectivity index (χ1n) is 10.6. The van der Waals surface area contributed by atoms with Gasteiger partial charge in [0.15, 0.2) is 6.61 Å². The lowest BCUT2D eigenvalue weighted by Crippen LogP contribution is -2.48. The molecule has 0 radical (unpaired) electrons. The second kappa shape index (κ2) is 10.2. The maximum atomic E-state index is 12.2. The van der Waals surface area contributed by atoms with Gasteiger partial charge >= 0.3 is 0 Å². The van der Waals surface area contributed by atoms with Crippen molar-refractivity contribution in [3.05, 3.63) is 54.1 Å². The lowest BCUT2D eigenvalue weighted by Gasteiger charge is -2.34. The molecule has 8 heteroatoms. The maximum absolute atomic E-state index is 12.2. The van der Waals surface area contributed by atoms with Crippen molar-refractivity contribution in [1.29, 1.82) is 0 Å². The van der Waals surface area contributed by atoms with Gasteiger partial charge in [-0.1, -0.05) is 26.0 Å². The molecule has 1 fully saturated rings. The third-order valence-electron chi connectivity index (χ3n) is 5.66. The molecule has 2 aromatic rings. The van der Waals surface area contributed by atoms with Crippen molar-refractivity contribution in [3.8, 4) is 5.75 Å². The summed E-state index contributed by atoms with van der Waals surface area (Å²) in [5, 5.41) is 2.84. The Balaban J connectivity index is 1.47. The summed E-state index contributed by atoms with van der Waals surface area (Å²) in [5.74, 6) is 0.954. The first-order valence-corrected chi connectivity index (χ1v) is 12.4. The molecular formula is C23H31N3O4S. The zero-order valence-corrected chi connectivity index (χ0v) is 19.2. The minimum absolute atomic E-state index is 0.0577. The van der Waals surface area contributed by atoms with Crippen LogP contribution >= 0.6 is 0 Å². The second-order valence-corrected chi connectivity index (χ2v) is 9.89. The van der Waals surface area contributed by atoms with Gasteiger partial charge in [0.25, 0.3) is 5.91 Å². The minimum atomic E-state index is -3.14. The number of carbonyl (C=O) groups excluding carboxylic acids is 1. The van der Waals surface area contributed by atoms with E-state index in [1.165, 1.54) is 16.1 Å². The standard InChI is InChI=1S/C23H31N3O4S/c1-4-18(2)19-5-11-22(12-6-19)30-17-23(27)24-20-7-9-21(10-8-20)25-13-15-26(16-14-25)31(3,28)29/h5-12,18H,4,13-17H2,1-3H3,(H,24,27). The van der Waals surface area contributed by atoms with Crippen LogP contribution in [0.2, 0.25) is 0 Å². The molecule has 7 nitrogen and oxygen atoms in total. The summed E-state index contributed by atoms with van der Waals surface area (Å²) in [7, 11) is -3.14. The number of hydrogen-bond donors (Lipinski definition) is 1. The molecule has 1 heterocycles. The van der Waals surface area contributed by atoms with Crippen molar-refractivity contribution in [2.45, 2.75) is 26.2 Å². The lowest BCUT2D eigenvalue weighted by molar-refractivity contribution is -0.118. The number of ether oxygens (including phenoxy) is 1. The number of sulfonamides is 1. The minimum Gasteiger partial charge on any atom is -0.484 e.